The van der Waals surface area contributed by atoms with Crippen molar-refractivity contribution in [2.75, 3.05) is 18.0 Å². The summed E-state index contributed by atoms with van der Waals surface area (Å²) in [7, 11) is 0. The Kier molecular flexibility index (Phi) is 5.21. The Morgan fingerprint density at radius 1 is 1.00 bits per heavy atom. The number of halogens is 2. The minimum Gasteiger partial charge on any atom is -0.349 e. The molecule has 3 aromatic heterocycles. The minimum atomic E-state index is -0.443. The summed E-state index contributed by atoms with van der Waals surface area (Å²) in [6.45, 7) is 2.55. The quantitative estimate of drug-likeness (QED) is 0.381. The van der Waals surface area contributed by atoms with E-state index in [1.807, 2.05) is 23.2 Å². The van der Waals surface area contributed by atoms with Crippen molar-refractivity contribution >= 4 is 11.5 Å². The SMILES string of the molecule is Fc1ccc(F)c([C@H]2CCCN2c2ccn3ncc(-c4nc(-c5ccc6c(c5)CCNC6)n[nH]4)c3n2)c1. The molecule has 1 fully saturated rings. The highest BCUT2D eigenvalue weighted by Gasteiger charge is 2.30. The van der Waals surface area contributed by atoms with Crippen molar-refractivity contribution in [3.63, 3.8) is 0 Å². The van der Waals surface area contributed by atoms with Crippen LogP contribution in [0, 0.1) is 11.6 Å². The van der Waals surface area contributed by atoms with Gasteiger partial charge in [-0.1, -0.05) is 12.1 Å². The number of nitrogens with zero attached hydrogens (tertiary/aromatic N) is 6. The normalized spacial score (nSPS) is 17.5. The van der Waals surface area contributed by atoms with Crippen molar-refractivity contribution in [1.29, 1.82) is 0 Å². The second-order valence-corrected chi connectivity index (χ2v) is 9.55. The first kappa shape index (κ1) is 22.1. The van der Waals surface area contributed by atoms with Crippen LogP contribution in [-0.2, 0) is 13.0 Å². The first-order valence-electron chi connectivity index (χ1n) is 12.5. The average Bonchev–Trinajstić information content (AvgIpc) is 3.69. The van der Waals surface area contributed by atoms with E-state index >= 15 is 0 Å². The van der Waals surface area contributed by atoms with E-state index in [4.69, 9.17) is 9.97 Å². The fraction of sp³-hybridized carbons (Fsp3) is 0.259. The second-order valence-electron chi connectivity index (χ2n) is 9.55. The maximum atomic E-state index is 14.6. The maximum Gasteiger partial charge on any atom is 0.181 e. The molecule has 0 saturated carbocycles. The molecule has 7 rings (SSSR count). The van der Waals surface area contributed by atoms with Gasteiger partial charge in [0.15, 0.2) is 17.3 Å². The van der Waals surface area contributed by atoms with Crippen molar-refractivity contribution in [3.8, 4) is 22.8 Å². The topological polar surface area (TPSA) is 87.0 Å². The molecule has 5 aromatic rings. The first-order valence-corrected chi connectivity index (χ1v) is 12.5. The van der Waals surface area contributed by atoms with Gasteiger partial charge in [-0.3, -0.25) is 5.10 Å². The highest BCUT2D eigenvalue weighted by atomic mass is 19.1. The van der Waals surface area contributed by atoms with Crippen LogP contribution in [0.25, 0.3) is 28.4 Å². The lowest BCUT2D eigenvalue weighted by molar-refractivity contribution is 0.560. The van der Waals surface area contributed by atoms with Crippen LogP contribution < -0.4 is 10.2 Å². The second kappa shape index (κ2) is 8.74. The molecule has 10 heteroatoms. The number of H-pyrrole nitrogens is 1. The molecule has 2 aliphatic rings. The molecule has 1 saturated heterocycles. The van der Waals surface area contributed by atoms with Gasteiger partial charge >= 0.3 is 0 Å². The molecular formula is C27H24F2N8. The fourth-order valence-electron chi connectivity index (χ4n) is 5.45. The highest BCUT2D eigenvalue weighted by molar-refractivity contribution is 5.74. The molecular weight excluding hydrogens is 474 g/mol. The van der Waals surface area contributed by atoms with Gasteiger partial charge in [0.2, 0.25) is 0 Å². The molecule has 0 aliphatic carbocycles. The van der Waals surface area contributed by atoms with Crippen LogP contribution in [0.5, 0.6) is 0 Å². The Bertz CT molecular complexity index is 1620. The van der Waals surface area contributed by atoms with E-state index in [2.05, 4.69) is 32.7 Å². The van der Waals surface area contributed by atoms with Crippen molar-refractivity contribution < 1.29 is 8.78 Å². The largest absolute Gasteiger partial charge is 0.349 e. The van der Waals surface area contributed by atoms with Crippen molar-refractivity contribution in [2.45, 2.75) is 31.8 Å². The molecule has 186 valence electrons. The standard InChI is InChI=1S/C27H24F2N8/c28-19-5-6-22(29)20(13-19)23-2-1-10-36(23)24-8-11-37-27(32-24)21(15-31-37)26-33-25(34-35-26)17-3-4-18-14-30-9-7-16(18)12-17/h3-6,8,11-13,15,23,30H,1-2,7,9-10,14H2,(H,33,34,35)/t23-/m1/s1. The maximum absolute atomic E-state index is 14.6. The van der Waals surface area contributed by atoms with Gasteiger partial charge in [0.25, 0.3) is 0 Å². The molecule has 0 unspecified atom stereocenters. The van der Waals surface area contributed by atoms with Gasteiger partial charge in [0, 0.05) is 30.4 Å². The zero-order valence-corrected chi connectivity index (χ0v) is 20.0. The van der Waals surface area contributed by atoms with E-state index in [1.54, 1.807) is 10.7 Å². The Morgan fingerprint density at radius 3 is 2.89 bits per heavy atom. The number of aromatic nitrogens is 6. The number of rotatable bonds is 4. The summed E-state index contributed by atoms with van der Waals surface area (Å²) in [5.41, 5.74) is 5.28. The monoisotopic (exact) mass is 498 g/mol. The third-order valence-electron chi connectivity index (χ3n) is 7.31. The van der Waals surface area contributed by atoms with Crippen LogP contribution in [0.2, 0.25) is 0 Å². The molecule has 0 amide bonds. The first-order chi connectivity index (χ1) is 18.1. The van der Waals surface area contributed by atoms with Crippen molar-refractivity contribution in [2.24, 2.45) is 0 Å². The lowest BCUT2D eigenvalue weighted by atomic mass is 9.98. The molecule has 2 N–H and O–H groups in total. The van der Waals surface area contributed by atoms with E-state index < -0.39 is 11.6 Å². The number of aromatic amines is 1. The Labute approximate surface area is 211 Å². The number of hydrogen-bond acceptors (Lipinski definition) is 6. The summed E-state index contributed by atoms with van der Waals surface area (Å²) in [5.74, 6) is 1.03. The highest BCUT2D eigenvalue weighted by Crippen LogP contribution is 2.37. The molecule has 37 heavy (non-hydrogen) atoms. The van der Waals surface area contributed by atoms with Crippen molar-refractivity contribution in [3.05, 3.63) is 83.2 Å². The van der Waals surface area contributed by atoms with Crippen LogP contribution in [0.3, 0.4) is 0 Å². The lowest BCUT2D eigenvalue weighted by Gasteiger charge is -2.26. The van der Waals surface area contributed by atoms with Crippen LogP contribution in [0.15, 0.2) is 54.9 Å². The summed E-state index contributed by atoms with van der Waals surface area (Å²) in [6, 6.07) is 11.5. The van der Waals surface area contributed by atoms with Crippen LogP contribution in [0.4, 0.5) is 14.6 Å². The van der Waals surface area contributed by atoms with Gasteiger partial charge < -0.3 is 10.2 Å². The average molecular weight is 499 g/mol. The Morgan fingerprint density at radius 2 is 1.95 bits per heavy atom. The minimum absolute atomic E-state index is 0.284. The van der Waals surface area contributed by atoms with Gasteiger partial charge in [-0.05, 0) is 67.3 Å². The molecule has 2 aliphatic heterocycles. The number of benzene rings is 2. The van der Waals surface area contributed by atoms with Gasteiger partial charge in [-0.25, -0.2) is 23.3 Å². The summed E-state index contributed by atoms with van der Waals surface area (Å²) < 4.78 is 30.2. The molecule has 5 heterocycles. The summed E-state index contributed by atoms with van der Waals surface area (Å²) in [4.78, 5) is 11.7. The zero-order chi connectivity index (χ0) is 24.9. The third kappa shape index (κ3) is 3.84. The number of fused-ring (bicyclic) bond motifs is 2. The van der Waals surface area contributed by atoms with Gasteiger partial charge in [-0.15, -0.1) is 0 Å². The van der Waals surface area contributed by atoms with Gasteiger partial charge in [0.05, 0.1) is 17.8 Å². The summed E-state index contributed by atoms with van der Waals surface area (Å²) in [6.07, 6.45) is 6.11. The van der Waals surface area contributed by atoms with E-state index in [0.717, 1.165) is 49.5 Å². The van der Waals surface area contributed by atoms with E-state index in [1.165, 1.54) is 23.3 Å². The molecule has 2 aromatic carbocycles. The van der Waals surface area contributed by atoms with Crippen LogP contribution in [-0.4, -0.2) is 42.9 Å². The van der Waals surface area contributed by atoms with Crippen LogP contribution in [0.1, 0.15) is 35.6 Å². The van der Waals surface area contributed by atoms with E-state index in [-0.39, 0.29) is 6.04 Å². The summed E-state index contributed by atoms with van der Waals surface area (Å²) >= 11 is 0. The van der Waals surface area contributed by atoms with Gasteiger partial charge in [0.1, 0.15) is 17.5 Å². The molecule has 1 atom stereocenters. The predicted octanol–water partition coefficient (Wildman–Crippen LogP) is 4.45. The Hall–Kier alpha value is -4.18. The molecule has 0 bridgehead atoms. The molecule has 0 spiro atoms. The van der Waals surface area contributed by atoms with E-state index in [9.17, 15) is 8.78 Å². The molecule has 0 radical (unpaired) electrons. The van der Waals surface area contributed by atoms with Gasteiger partial charge in [-0.2, -0.15) is 10.2 Å². The van der Waals surface area contributed by atoms with Crippen molar-refractivity contribution in [1.82, 2.24) is 35.1 Å². The number of nitrogens with one attached hydrogen (secondary N) is 2. The third-order valence-corrected chi connectivity index (χ3v) is 7.31. The Balaban J connectivity index is 1.23. The van der Waals surface area contributed by atoms with E-state index in [0.29, 0.717) is 35.2 Å². The number of hydrogen-bond donors (Lipinski definition) is 2. The lowest BCUT2D eigenvalue weighted by Crippen LogP contribution is -2.24. The predicted molar refractivity (Wildman–Crippen MR) is 135 cm³/mol. The van der Waals surface area contributed by atoms with Crippen LogP contribution >= 0.6 is 0 Å². The zero-order valence-electron chi connectivity index (χ0n) is 20.0. The smallest absolute Gasteiger partial charge is 0.181 e. The fourth-order valence-corrected chi connectivity index (χ4v) is 5.45. The number of anilines is 1. The summed E-state index contributed by atoms with van der Waals surface area (Å²) in [5, 5.41) is 15.3. The molecule has 8 nitrogen and oxygen atoms in total.